The first-order chi connectivity index (χ1) is 29.0. The lowest BCUT2D eigenvalue weighted by Gasteiger charge is -2.25. The third-order valence-corrected chi connectivity index (χ3v) is 12.3. The molecule has 0 saturated carbocycles. The lowest BCUT2D eigenvalue weighted by atomic mass is 9.78. The summed E-state index contributed by atoms with van der Waals surface area (Å²) in [5, 5.41) is 5.42. The number of hydrogen-bond acceptors (Lipinski definition) is 5. The number of hydrogen-bond donors (Lipinski definition) is 0. The Morgan fingerprint density at radius 1 is 0.407 bits per heavy atom. The van der Waals surface area contributed by atoms with Crippen LogP contribution in [0.2, 0.25) is 0 Å². The highest BCUT2D eigenvalue weighted by atomic mass is 14.8. The van der Waals surface area contributed by atoms with Crippen molar-refractivity contribution in [2.75, 3.05) is 0 Å². The molecule has 5 heteroatoms. The molecule has 6 aromatic carbocycles. The molecule has 0 spiro atoms. The summed E-state index contributed by atoms with van der Waals surface area (Å²) >= 11 is 0. The number of pyridine rings is 5. The molecule has 5 heterocycles. The molecule has 59 heavy (non-hydrogen) atoms. The monoisotopic (exact) mass is 753 g/mol. The molecule has 0 N–H and O–H groups in total. The van der Waals surface area contributed by atoms with Gasteiger partial charge in [0.05, 0.1) is 44.7 Å². The van der Waals surface area contributed by atoms with Crippen molar-refractivity contribution in [2.24, 2.45) is 0 Å². The van der Waals surface area contributed by atoms with Gasteiger partial charge in [-0.25, -0.2) is 15.0 Å². The lowest BCUT2D eigenvalue weighted by molar-refractivity contribution is 0.662. The van der Waals surface area contributed by atoms with E-state index in [-0.39, 0.29) is 5.41 Å². The average molecular weight is 754 g/mol. The highest BCUT2D eigenvalue weighted by Gasteiger charge is 2.39. The number of benzene rings is 6. The first-order valence-electron chi connectivity index (χ1n) is 20.1. The van der Waals surface area contributed by atoms with Crippen molar-refractivity contribution in [2.45, 2.75) is 19.3 Å². The molecule has 0 saturated heterocycles. The molecule has 0 aliphatic heterocycles. The smallest absolute Gasteiger partial charge is 0.0972 e. The minimum atomic E-state index is -0.207. The van der Waals surface area contributed by atoms with Crippen LogP contribution in [-0.4, -0.2) is 24.9 Å². The second-order valence-corrected chi connectivity index (χ2v) is 16.1. The minimum Gasteiger partial charge on any atom is -0.254 e. The maximum absolute atomic E-state index is 5.28. The summed E-state index contributed by atoms with van der Waals surface area (Å²) in [5.74, 6) is 0. The van der Waals surface area contributed by atoms with E-state index in [9.17, 15) is 0 Å². The van der Waals surface area contributed by atoms with E-state index in [2.05, 4.69) is 166 Å². The van der Waals surface area contributed by atoms with Gasteiger partial charge in [-0.2, -0.15) is 0 Å². The molecule has 0 radical (unpaired) electrons. The van der Waals surface area contributed by atoms with Gasteiger partial charge in [0.15, 0.2) is 0 Å². The van der Waals surface area contributed by atoms with Crippen LogP contribution in [0.5, 0.6) is 0 Å². The van der Waals surface area contributed by atoms with E-state index in [1.807, 2.05) is 24.5 Å². The molecule has 11 aromatic rings. The van der Waals surface area contributed by atoms with Gasteiger partial charge in [0.25, 0.3) is 0 Å². The normalized spacial score (nSPS) is 13.1. The van der Waals surface area contributed by atoms with Crippen LogP contribution in [0.15, 0.2) is 176 Å². The Hall–Kier alpha value is -7.63. The maximum Gasteiger partial charge on any atom is 0.0972 e. The molecule has 0 unspecified atom stereocenters. The quantitative estimate of drug-likeness (QED) is 0.167. The van der Waals surface area contributed by atoms with Crippen molar-refractivity contribution in [3.8, 4) is 56.0 Å². The topological polar surface area (TPSA) is 64.5 Å². The molecule has 5 nitrogen and oxygen atoms in total. The van der Waals surface area contributed by atoms with Gasteiger partial charge in [-0.3, -0.25) is 9.97 Å². The molecular weight excluding hydrogens is 719 g/mol. The van der Waals surface area contributed by atoms with Gasteiger partial charge in [0.1, 0.15) is 0 Å². The summed E-state index contributed by atoms with van der Waals surface area (Å²) in [5.41, 5.74) is 17.7. The first kappa shape index (κ1) is 33.5. The van der Waals surface area contributed by atoms with Crippen molar-refractivity contribution in [3.05, 3.63) is 187 Å². The Kier molecular flexibility index (Phi) is 7.20. The average Bonchev–Trinajstić information content (AvgIpc) is 3.52. The van der Waals surface area contributed by atoms with Gasteiger partial charge in [-0.1, -0.05) is 129 Å². The highest BCUT2D eigenvalue weighted by molar-refractivity contribution is 6.05. The summed E-state index contributed by atoms with van der Waals surface area (Å²) in [7, 11) is 0. The summed E-state index contributed by atoms with van der Waals surface area (Å²) < 4.78 is 0. The lowest BCUT2D eigenvalue weighted by Crippen LogP contribution is -2.16. The third kappa shape index (κ3) is 5.21. The molecule has 0 amide bonds. The molecule has 12 rings (SSSR count). The Bertz CT molecular complexity index is 3400. The fourth-order valence-corrected chi connectivity index (χ4v) is 9.37. The number of fused-ring (bicyclic) bond motifs is 10. The van der Waals surface area contributed by atoms with Crippen LogP contribution in [-0.2, 0) is 5.41 Å². The number of rotatable bonds is 4. The molecule has 0 bridgehead atoms. The zero-order chi connectivity index (χ0) is 39.2. The molecule has 276 valence electrons. The van der Waals surface area contributed by atoms with Crippen molar-refractivity contribution in [3.63, 3.8) is 0 Å². The molecule has 0 fully saturated rings. The SMILES string of the molecule is CC1(C)c2ccccc2-c2nc3ccccc3c(-c3ccc(-c4cc(-c5ccc6ccc7cccnc7c6n5)cc(-c5ccc6ccc7cccnc7c6n5)c4)cc3)c21. The van der Waals surface area contributed by atoms with Gasteiger partial charge in [-0.05, 0) is 81.9 Å². The Labute approximate surface area is 340 Å². The second kappa shape index (κ2) is 12.7. The third-order valence-electron chi connectivity index (χ3n) is 12.3. The van der Waals surface area contributed by atoms with E-state index >= 15 is 0 Å². The van der Waals surface area contributed by atoms with Crippen molar-refractivity contribution >= 4 is 54.5 Å². The molecule has 1 aliphatic rings. The van der Waals surface area contributed by atoms with E-state index in [0.717, 1.165) is 93.9 Å². The summed E-state index contributed by atoms with van der Waals surface area (Å²) in [4.78, 5) is 25.3. The zero-order valence-corrected chi connectivity index (χ0v) is 32.5. The maximum atomic E-state index is 5.28. The largest absolute Gasteiger partial charge is 0.254 e. The van der Waals surface area contributed by atoms with Crippen molar-refractivity contribution in [1.82, 2.24) is 24.9 Å². The van der Waals surface area contributed by atoms with Gasteiger partial charge in [0.2, 0.25) is 0 Å². The van der Waals surface area contributed by atoms with Crippen LogP contribution >= 0.6 is 0 Å². The summed E-state index contributed by atoms with van der Waals surface area (Å²) in [6.07, 6.45) is 3.68. The van der Waals surface area contributed by atoms with Gasteiger partial charge in [-0.15, -0.1) is 0 Å². The van der Waals surface area contributed by atoms with E-state index in [1.165, 1.54) is 27.8 Å². The highest BCUT2D eigenvalue weighted by Crippen LogP contribution is 2.53. The Balaban J connectivity index is 1.05. The Morgan fingerprint density at radius 2 is 0.932 bits per heavy atom. The molecule has 0 atom stereocenters. The number of aromatic nitrogens is 5. The van der Waals surface area contributed by atoms with E-state index in [0.29, 0.717) is 0 Å². The standard InChI is InChI=1S/C54H35N5/c1-54(2)43-13-5-3-11-41(43)53-48(54)47(42-12-4-6-14-46(42)59-53)33-17-15-32(16-18-33)38-29-39(44-25-23-36-21-19-34-9-7-27-55-49(34)51(36)57-44)31-40(30-38)45-26-24-37-22-20-35-10-8-28-56-50(35)52(37)58-45/h3-31H,1-2H3. The molecule has 1 aliphatic carbocycles. The van der Waals surface area contributed by atoms with E-state index < -0.39 is 0 Å². The summed E-state index contributed by atoms with van der Waals surface area (Å²) in [6.45, 7) is 4.66. The van der Waals surface area contributed by atoms with Crippen molar-refractivity contribution in [1.29, 1.82) is 0 Å². The van der Waals surface area contributed by atoms with Crippen LogP contribution in [0.4, 0.5) is 0 Å². The minimum absolute atomic E-state index is 0.207. The Morgan fingerprint density at radius 3 is 1.58 bits per heavy atom. The number of nitrogens with zero attached hydrogens (tertiary/aromatic N) is 5. The predicted octanol–water partition coefficient (Wildman–Crippen LogP) is 13.4. The zero-order valence-electron chi connectivity index (χ0n) is 32.5. The van der Waals surface area contributed by atoms with Crippen LogP contribution in [0.1, 0.15) is 25.0 Å². The van der Waals surface area contributed by atoms with Crippen molar-refractivity contribution < 1.29 is 0 Å². The van der Waals surface area contributed by atoms with Crippen LogP contribution in [0.25, 0.3) is 111 Å². The summed E-state index contributed by atoms with van der Waals surface area (Å²) in [6, 6.07) is 58.2. The molecular formula is C54H35N5. The van der Waals surface area contributed by atoms with Gasteiger partial charge < -0.3 is 0 Å². The molecule has 5 aromatic heterocycles. The fraction of sp³-hybridized carbons (Fsp3) is 0.0556. The van der Waals surface area contributed by atoms with Gasteiger partial charge >= 0.3 is 0 Å². The first-order valence-corrected chi connectivity index (χ1v) is 20.1. The number of para-hydroxylation sites is 1. The van der Waals surface area contributed by atoms with E-state index in [4.69, 9.17) is 24.9 Å². The van der Waals surface area contributed by atoms with Crippen LogP contribution in [0.3, 0.4) is 0 Å². The van der Waals surface area contributed by atoms with Gasteiger partial charge in [0, 0.05) is 61.4 Å². The second-order valence-electron chi connectivity index (χ2n) is 16.1. The van der Waals surface area contributed by atoms with Crippen LogP contribution in [0, 0.1) is 0 Å². The fourth-order valence-electron chi connectivity index (χ4n) is 9.37. The van der Waals surface area contributed by atoms with Crippen LogP contribution < -0.4 is 0 Å². The van der Waals surface area contributed by atoms with E-state index in [1.54, 1.807) is 0 Å². The predicted molar refractivity (Wildman–Crippen MR) is 242 cm³/mol.